The minimum absolute atomic E-state index is 0.0415. The van der Waals surface area contributed by atoms with Crippen molar-refractivity contribution in [1.82, 2.24) is 15.1 Å². The highest BCUT2D eigenvalue weighted by atomic mass is 16.5. The predicted molar refractivity (Wildman–Crippen MR) is 52.0 cm³/mol. The van der Waals surface area contributed by atoms with Gasteiger partial charge in [-0.3, -0.25) is 9.48 Å². The van der Waals surface area contributed by atoms with Crippen molar-refractivity contribution in [3.05, 3.63) is 12.4 Å². The number of nitrogens with one attached hydrogen (secondary N) is 1. The van der Waals surface area contributed by atoms with E-state index in [-0.39, 0.29) is 5.91 Å². The van der Waals surface area contributed by atoms with Crippen molar-refractivity contribution >= 4 is 5.91 Å². The smallest absolute Gasteiger partial charge is 0.219 e. The van der Waals surface area contributed by atoms with Gasteiger partial charge in [0.05, 0.1) is 19.0 Å². The van der Waals surface area contributed by atoms with Crippen LogP contribution in [0, 0.1) is 0 Å². The van der Waals surface area contributed by atoms with Crippen molar-refractivity contribution in [3.8, 4) is 5.75 Å². The van der Waals surface area contributed by atoms with E-state index in [0.29, 0.717) is 19.4 Å². The molecule has 0 fully saturated rings. The van der Waals surface area contributed by atoms with E-state index in [2.05, 4.69) is 10.4 Å². The summed E-state index contributed by atoms with van der Waals surface area (Å²) >= 11 is 0. The van der Waals surface area contributed by atoms with Crippen LogP contribution in [0.5, 0.6) is 5.75 Å². The van der Waals surface area contributed by atoms with Crippen LogP contribution in [0.15, 0.2) is 12.4 Å². The SMILES string of the molecule is CNC(=O)CCCOc1cnn(C)c1. The summed E-state index contributed by atoms with van der Waals surface area (Å²) in [5.74, 6) is 0.782. The minimum atomic E-state index is 0.0415. The molecule has 0 aliphatic rings. The lowest BCUT2D eigenvalue weighted by Gasteiger charge is -2.02. The summed E-state index contributed by atoms with van der Waals surface area (Å²) in [6.07, 6.45) is 4.66. The third-order valence-electron chi connectivity index (χ3n) is 1.78. The van der Waals surface area contributed by atoms with E-state index in [0.717, 1.165) is 5.75 Å². The normalized spacial score (nSPS) is 9.86. The number of carbonyl (C=O) groups excluding carboxylic acids is 1. The van der Waals surface area contributed by atoms with Crippen molar-refractivity contribution in [2.45, 2.75) is 12.8 Å². The van der Waals surface area contributed by atoms with Crippen molar-refractivity contribution in [1.29, 1.82) is 0 Å². The highest BCUT2D eigenvalue weighted by Crippen LogP contribution is 2.07. The Morgan fingerprint density at radius 2 is 2.50 bits per heavy atom. The molecule has 14 heavy (non-hydrogen) atoms. The first-order chi connectivity index (χ1) is 6.72. The van der Waals surface area contributed by atoms with Gasteiger partial charge >= 0.3 is 0 Å². The van der Waals surface area contributed by atoms with Crippen LogP contribution in [0.3, 0.4) is 0 Å². The van der Waals surface area contributed by atoms with Gasteiger partial charge in [-0.2, -0.15) is 5.10 Å². The second kappa shape index (κ2) is 5.26. The summed E-state index contributed by atoms with van der Waals surface area (Å²) in [7, 11) is 3.46. The largest absolute Gasteiger partial charge is 0.490 e. The zero-order chi connectivity index (χ0) is 10.4. The molecule has 1 amide bonds. The van der Waals surface area contributed by atoms with Crippen LogP contribution >= 0.6 is 0 Å². The Hall–Kier alpha value is -1.52. The molecule has 0 bridgehead atoms. The summed E-state index contributed by atoms with van der Waals surface area (Å²) in [4.78, 5) is 10.8. The first kappa shape index (κ1) is 10.6. The fraction of sp³-hybridized carbons (Fsp3) is 0.556. The Balaban J connectivity index is 2.13. The Bertz CT molecular complexity index is 296. The Morgan fingerprint density at radius 1 is 1.71 bits per heavy atom. The molecule has 1 aromatic heterocycles. The lowest BCUT2D eigenvalue weighted by molar-refractivity contribution is -0.120. The molecule has 1 N–H and O–H groups in total. The van der Waals surface area contributed by atoms with Gasteiger partial charge in [0.2, 0.25) is 5.91 Å². The molecular weight excluding hydrogens is 182 g/mol. The number of nitrogens with zero attached hydrogens (tertiary/aromatic N) is 2. The maximum atomic E-state index is 10.8. The van der Waals surface area contributed by atoms with Crippen LogP contribution in [0.25, 0.3) is 0 Å². The van der Waals surface area contributed by atoms with E-state index in [1.165, 1.54) is 0 Å². The second-order valence-electron chi connectivity index (χ2n) is 2.97. The summed E-state index contributed by atoms with van der Waals surface area (Å²) in [5, 5.41) is 6.52. The highest BCUT2D eigenvalue weighted by Gasteiger charge is 1.99. The molecule has 0 spiro atoms. The molecular formula is C9H15N3O2. The summed E-state index contributed by atoms with van der Waals surface area (Å²) < 4.78 is 7.03. The maximum absolute atomic E-state index is 10.8. The molecule has 78 valence electrons. The molecule has 5 heteroatoms. The predicted octanol–water partition coefficient (Wildman–Crippen LogP) is 0.325. The lowest BCUT2D eigenvalue weighted by atomic mass is 10.3. The van der Waals surface area contributed by atoms with E-state index < -0.39 is 0 Å². The van der Waals surface area contributed by atoms with Gasteiger partial charge in [0, 0.05) is 20.5 Å². The van der Waals surface area contributed by atoms with Gasteiger partial charge in [-0.05, 0) is 6.42 Å². The average molecular weight is 197 g/mol. The maximum Gasteiger partial charge on any atom is 0.219 e. The third-order valence-corrected chi connectivity index (χ3v) is 1.78. The van der Waals surface area contributed by atoms with E-state index in [1.54, 1.807) is 24.1 Å². The monoisotopic (exact) mass is 197 g/mol. The van der Waals surface area contributed by atoms with Crippen LogP contribution < -0.4 is 10.1 Å². The fourth-order valence-electron chi connectivity index (χ4n) is 1.02. The fourth-order valence-corrected chi connectivity index (χ4v) is 1.02. The van der Waals surface area contributed by atoms with E-state index in [9.17, 15) is 4.79 Å². The number of aromatic nitrogens is 2. The first-order valence-electron chi connectivity index (χ1n) is 4.54. The topological polar surface area (TPSA) is 56.1 Å². The third kappa shape index (κ3) is 3.47. The number of aryl methyl sites for hydroxylation is 1. The zero-order valence-corrected chi connectivity index (χ0v) is 8.49. The van der Waals surface area contributed by atoms with Crippen LogP contribution in [-0.4, -0.2) is 29.3 Å². The van der Waals surface area contributed by atoms with E-state index >= 15 is 0 Å². The molecule has 0 aromatic carbocycles. The van der Waals surface area contributed by atoms with Gasteiger partial charge in [0.25, 0.3) is 0 Å². The number of ether oxygens (including phenoxy) is 1. The van der Waals surface area contributed by atoms with Crippen molar-refractivity contribution in [2.75, 3.05) is 13.7 Å². The highest BCUT2D eigenvalue weighted by molar-refractivity contribution is 5.75. The van der Waals surface area contributed by atoms with Gasteiger partial charge in [-0.25, -0.2) is 0 Å². The Labute approximate surface area is 83.1 Å². The molecule has 0 saturated carbocycles. The quantitative estimate of drug-likeness (QED) is 0.692. The molecule has 0 unspecified atom stereocenters. The summed E-state index contributed by atoms with van der Waals surface area (Å²) in [5.41, 5.74) is 0. The summed E-state index contributed by atoms with van der Waals surface area (Å²) in [6.45, 7) is 0.541. The van der Waals surface area contributed by atoms with E-state index in [4.69, 9.17) is 4.74 Å². The van der Waals surface area contributed by atoms with Crippen LogP contribution in [-0.2, 0) is 11.8 Å². The number of carbonyl (C=O) groups is 1. The van der Waals surface area contributed by atoms with Crippen molar-refractivity contribution < 1.29 is 9.53 Å². The second-order valence-corrected chi connectivity index (χ2v) is 2.97. The molecule has 5 nitrogen and oxygen atoms in total. The van der Waals surface area contributed by atoms with E-state index in [1.807, 2.05) is 7.05 Å². The zero-order valence-electron chi connectivity index (χ0n) is 8.49. The standard InChI is InChI=1S/C9H15N3O2/c1-10-9(13)4-3-5-14-8-6-11-12(2)7-8/h6-7H,3-5H2,1-2H3,(H,10,13). The number of amides is 1. The molecule has 1 rings (SSSR count). The van der Waals surface area contributed by atoms with Crippen molar-refractivity contribution in [2.24, 2.45) is 7.05 Å². The number of hydrogen-bond donors (Lipinski definition) is 1. The minimum Gasteiger partial charge on any atom is -0.490 e. The van der Waals surface area contributed by atoms with Gasteiger partial charge in [-0.1, -0.05) is 0 Å². The first-order valence-corrected chi connectivity index (χ1v) is 4.54. The Kier molecular flexibility index (Phi) is 3.97. The lowest BCUT2D eigenvalue weighted by Crippen LogP contribution is -2.18. The van der Waals surface area contributed by atoms with Gasteiger partial charge < -0.3 is 10.1 Å². The van der Waals surface area contributed by atoms with Gasteiger partial charge in [0.1, 0.15) is 0 Å². The molecule has 0 aliphatic carbocycles. The van der Waals surface area contributed by atoms with Gasteiger partial charge in [0.15, 0.2) is 5.75 Å². The van der Waals surface area contributed by atoms with Gasteiger partial charge in [-0.15, -0.1) is 0 Å². The van der Waals surface area contributed by atoms with Crippen LogP contribution in [0.1, 0.15) is 12.8 Å². The van der Waals surface area contributed by atoms with Crippen molar-refractivity contribution in [3.63, 3.8) is 0 Å². The van der Waals surface area contributed by atoms with Crippen LogP contribution in [0.4, 0.5) is 0 Å². The number of rotatable bonds is 5. The average Bonchev–Trinajstić information content (AvgIpc) is 2.58. The summed E-state index contributed by atoms with van der Waals surface area (Å²) in [6, 6.07) is 0. The molecule has 0 atom stereocenters. The molecule has 0 aliphatic heterocycles. The molecule has 1 heterocycles. The Morgan fingerprint density at radius 3 is 3.07 bits per heavy atom. The molecule has 0 radical (unpaired) electrons. The van der Waals surface area contributed by atoms with Crippen LogP contribution in [0.2, 0.25) is 0 Å². The molecule has 1 aromatic rings. The number of hydrogen-bond acceptors (Lipinski definition) is 3. The molecule has 0 saturated heterocycles.